The maximum atomic E-state index is 5.78. The van der Waals surface area contributed by atoms with Crippen LogP contribution in [0.15, 0.2) is 30.3 Å². The predicted octanol–water partition coefficient (Wildman–Crippen LogP) is 3.90. The predicted molar refractivity (Wildman–Crippen MR) is 57.8 cm³/mol. The molecule has 0 nitrogen and oxygen atoms in total. The van der Waals surface area contributed by atoms with Gasteiger partial charge in [-0.3, -0.25) is 0 Å². The molecule has 13 heavy (non-hydrogen) atoms. The molecule has 1 heteroatoms. The molecule has 1 aromatic carbocycles. The van der Waals surface area contributed by atoms with E-state index < -0.39 is 0 Å². The minimum absolute atomic E-state index is 0.603. The summed E-state index contributed by atoms with van der Waals surface area (Å²) in [4.78, 5) is 0. The normalized spacial score (nSPS) is 12.5. The summed E-state index contributed by atoms with van der Waals surface area (Å²) in [5.41, 5.74) is 1.32. The summed E-state index contributed by atoms with van der Waals surface area (Å²) >= 11 is 5.78. The van der Waals surface area contributed by atoms with Gasteiger partial charge in [-0.25, -0.2) is 0 Å². The molecule has 69 valence electrons. The first-order valence-corrected chi connectivity index (χ1v) is 4.88. The van der Waals surface area contributed by atoms with Gasteiger partial charge in [0.25, 0.3) is 0 Å². The van der Waals surface area contributed by atoms with Crippen molar-refractivity contribution in [3.8, 4) is 0 Å². The Hall–Kier alpha value is -0.750. The Morgan fingerprint density at radius 2 is 2.00 bits per heavy atom. The molecule has 0 bridgehead atoms. The van der Waals surface area contributed by atoms with E-state index in [1.54, 1.807) is 6.08 Å². The summed E-state index contributed by atoms with van der Waals surface area (Å²) in [6.07, 6.45) is 3.74. The third-order valence-corrected chi connectivity index (χ3v) is 2.29. The van der Waals surface area contributed by atoms with Crippen molar-refractivity contribution in [1.82, 2.24) is 0 Å². The van der Waals surface area contributed by atoms with Crippen molar-refractivity contribution in [3.63, 3.8) is 0 Å². The molecule has 1 atom stereocenters. The number of hydrogen-bond donors (Lipinski definition) is 0. The summed E-state index contributed by atoms with van der Waals surface area (Å²) in [5, 5.41) is 0.793. The van der Waals surface area contributed by atoms with Crippen LogP contribution in [-0.2, 0) is 6.42 Å². The number of benzene rings is 1. The van der Waals surface area contributed by atoms with Crippen LogP contribution >= 0.6 is 11.6 Å². The number of hydrogen-bond acceptors (Lipinski definition) is 0. The second-order valence-corrected chi connectivity index (χ2v) is 3.84. The van der Waals surface area contributed by atoms with Crippen LogP contribution in [0.25, 0.3) is 0 Å². The van der Waals surface area contributed by atoms with Gasteiger partial charge in [-0.2, -0.15) is 0 Å². The molecule has 0 N–H and O–H groups in total. The standard InChI is InChI=1S/C12H14Cl/c1-3-4-10(2)9-11-5-7-12(13)8-6-11/h1,3,5-8,10H,4,9H2,2H3. The van der Waals surface area contributed by atoms with E-state index in [2.05, 4.69) is 19.1 Å². The molecule has 0 fully saturated rings. The maximum absolute atomic E-state index is 5.78. The Kier molecular flexibility index (Phi) is 4.04. The zero-order valence-corrected chi connectivity index (χ0v) is 8.59. The minimum atomic E-state index is 0.603. The lowest BCUT2D eigenvalue weighted by atomic mass is 9.98. The summed E-state index contributed by atoms with van der Waals surface area (Å²) in [6, 6.07) is 7.98. The molecule has 1 rings (SSSR count). The topological polar surface area (TPSA) is 0 Å². The second-order valence-electron chi connectivity index (χ2n) is 3.41. The van der Waals surface area contributed by atoms with Crippen molar-refractivity contribution in [2.45, 2.75) is 19.8 Å². The quantitative estimate of drug-likeness (QED) is 0.681. The van der Waals surface area contributed by atoms with E-state index in [4.69, 9.17) is 18.2 Å². The first-order chi connectivity index (χ1) is 6.22. The van der Waals surface area contributed by atoms with Gasteiger partial charge in [-0.1, -0.05) is 43.3 Å². The summed E-state index contributed by atoms with van der Waals surface area (Å²) in [6.45, 7) is 7.55. The smallest absolute Gasteiger partial charge is 0.0406 e. The van der Waals surface area contributed by atoms with E-state index in [0.29, 0.717) is 5.92 Å². The van der Waals surface area contributed by atoms with Gasteiger partial charge in [0.15, 0.2) is 0 Å². The van der Waals surface area contributed by atoms with Crippen molar-refractivity contribution in [3.05, 3.63) is 47.5 Å². The van der Waals surface area contributed by atoms with Crippen LogP contribution in [0.4, 0.5) is 0 Å². The third-order valence-electron chi connectivity index (χ3n) is 2.04. The largest absolute Gasteiger partial charge is 0.0843 e. The zero-order valence-electron chi connectivity index (χ0n) is 7.83. The lowest BCUT2D eigenvalue weighted by molar-refractivity contribution is 0.590. The Labute approximate surface area is 85.2 Å². The molecule has 0 amide bonds. The number of halogens is 1. The highest BCUT2D eigenvalue weighted by atomic mass is 35.5. The molecule has 1 unspecified atom stereocenters. The summed E-state index contributed by atoms with van der Waals surface area (Å²) in [7, 11) is 0. The van der Waals surface area contributed by atoms with Crippen LogP contribution in [0.1, 0.15) is 18.9 Å². The van der Waals surface area contributed by atoms with Crippen molar-refractivity contribution in [1.29, 1.82) is 0 Å². The van der Waals surface area contributed by atoms with E-state index >= 15 is 0 Å². The Morgan fingerprint density at radius 1 is 1.38 bits per heavy atom. The van der Waals surface area contributed by atoms with Crippen molar-refractivity contribution >= 4 is 11.6 Å². The molecule has 0 spiro atoms. The number of allylic oxidation sites excluding steroid dienone is 1. The highest BCUT2D eigenvalue weighted by Crippen LogP contribution is 2.15. The van der Waals surface area contributed by atoms with E-state index in [0.717, 1.165) is 17.9 Å². The molecule has 0 saturated heterocycles. The Balaban J connectivity index is 2.53. The number of rotatable bonds is 4. The van der Waals surface area contributed by atoms with Crippen molar-refractivity contribution in [2.24, 2.45) is 5.92 Å². The van der Waals surface area contributed by atoms with E-state index in [-0.39, 0.29) is 0 Å². The molecule has 0 heterocycles. The van der Waals surface area contributed by atoms with E-state index in [9.17, 15) is 0 Å². The summed E-state index contributed by atoms with van der Waals surface area (Å²) < 4.78 is 0. The van der Waals surface area contributed by atoms with Gasteiger partial charge in [0.05, 0.1) is 0 Å². The molecule has 1 aromatic rings. The maximum Gasteiger partial charge on any atom is 0.0406 e. The monoisotopic (exact) mass is 193 g/mol. The SMILES string of the molecule is [CH]=CCC(C)Cc1ccc(Cl)cc1. The molecule has 0 aliphatic carbocycles. The molecule has 0 saturated carbocycles. The lowest BCUT2D eigenvalue weighted by Gasteiger charge is -2.08. The fourth-order valence-electron chi connectivity index (χ4n) is 1.34. The fourth-order valence-corrected chi connectivity index (χ4v) is 1.46. The first-order valence-electron chi connectivity index (χ1n) is 4.50. The average Bonchev–Trinajstić information content (AvgIpc) is 2.09. The van der Waals surface area contributed by atoms with Crippen LogP contribution in [0.2, 0.25) is 5.02 Å². The first kappa shape index (κ1) is 10.3. The second kappa shape index (κ2) is 5.08. The molecule has 0 aliphatic rings. The lowest BCUT2D eigenvalue weighted by Crippen LogP contribution is -1.97. The highest BCUT2D eigenvalue weighted by Gasteiger charge is 2.00. The Morgan fingerprint density at radius 3 is 2.54 bits per heavy atom. The van der Waals surface area contributed by atoms with Gasteiger partial charge in [-0.15, -0.1) is 0 Å². The van der Waals surface area contributed by atoms with Crippen molar-refractivity contribution < 1.29 is 0 Å². The fraction of sp³-hybridized carbons (Fsp3) is 0.333. The van der Waals surface area contributed by atoms with Crippen LogP contribution < -0.4 is 0 Å². The minimum Gasteiger partial charge on any atom is -0.0843 e. The van der Waals surface area contributed by atoms with Crippen molar-refractivity contribution in [2.75, 3.05) is 0 Å². The van der Waals surface area contributed by atoms with Gasteiger partial charge < -0.3 is 0 Å². The Bertz CT molecular complexity index is 261. The molecule has 0 aromatic heterocycles. The average molecular weight is 194 g/mol. The van der Waals surface area contributed by atoms with E-state index in [1.165, 1.54) is 5.56 Å². The molecular weight excluding hydrogens is 180 g/mol. The van der Waals surface area contributed by atoms with Gasteiger partial charge in [0, 0.05) is 5.02 Å². The third kappa shape index (κ3) is 3.65. The zero-order chi connectivity index (χ0) is 9.68. The van der Waals surface area contributed by atoms with Gasteiger partial charge in [0.2, 0.25) is 0 Å². The molecule has 0 aliphatic heterocycles. The van der Waals surface area contributed by atoms with E-state index in [1.807, 2.05) is 12.1 Å². The van der Waals surface area contributed by atoms with Crippen LogP contribution in [-0.4, -0.2) is 0 Å². The summed E-state index contributed by atoms with van der Waals surface area (Å²) in [5.74, 6) is 0.603. The van der Waals surface area contributed by atoms with Gasteiger partial charge in [0.1, 0.15) is 0 Å². The molecular formula is C12H14Cl. The van der Waals surface area contributed by atoms with Gasteiger partial charge in [-0.05, 0) is 36.5 Å². The van der Waals surface area contributed by atoms with Crippen LogP contribution in [0.3, 0.4) is 0 Å². The van der Waals surface area contributed by atoms with Gasteiger partial charge >= 0.3 is 0 Å². The highest BCUT2D eigenvalue weighted by molar-refractivity contribution is 6.30. The molecule has 1 radical (unpaired) electrons. The van der Waals surface area contributed by atoms with Crippen LogP contribution in [0.5, 0.6) is 0 Å². The van der Waals surface area contributed by atoms with Crippen LogP contribution in [0, 0.1) is 12.5 Å².